The number of carbonyl (C=O) groups is 2. The summed E-state index contributed by atoms with van der Waals surface area (Å²) in [6, 6.07) is 13.6. The van der Waals surface area contributed by atoms with Gasteiger partial charge in [0.2, 0.25) is 0 Å². The first kappa shape index (κ1) is 21.6. The standard InChI is InChI=1S/C27H33NO3/c1-26(2)14-15-27(3,4)23-16-20(12-13-22(23)26)25(30)31-17-18-8-10-19(11-9-18)24(29)28-21-6-5-7-21/h8-13,16,21H,5-7,14-15,17H2,1-4H3,(H,28,29). The smallest absolute Gasteiger partial charge is 0.338 e. The van der Waals surface area contributed by atoms with Crippen molar-refractivity contribution in [2.24, 2.45) is 0 Å². The summed E-state index contributed by atoms with van der Waals surface area (Å²) >= 11 is 0. The minimum Gasteiger partial charge on any atom is -0.457 e. The van der Waals surface area contributed by atoms with E-state index in [1.807, 2.05) is 24.3 Å². The number of hydrogen-bond acceptors (Lipinski definition) is 3. The third kappa shape index (κ3) is 4.53. The predicted octanol–water partition coefficient (Wildman–Crippen LogP) is 5.67. The molecule has 0 aliphatic heterocycles. The van der Waals surface area contributed by atoms with Crippen LogP contribution < -0.4 is 5.32 Å². The maximum atomic E-state index is 12.7. The molecule has 0 spiro atoms. The number of benzene rings is 2. The van der Waals surface area contributed by atoms with E-state index in [4.69, 9.17) is 4.74 Å². The summed E-state index contributed by atoms with van der Waals surface area (Å²) in [5.74, 6) is -0.346. The maximum Gasteiger partial charge on any atom is 0.338 e. The van der Waals surface area contributed by atoms with Crippen LogP contribution in [0.25, 0.3) is 0 Å². The molecule has 4 rings (SSSR count). The molecule has 2 aromatic carbocycles. The van der Waals surface area contributed by atoms with Gasteiger partial charge in [0.15, 0.2) is 0 Å². The second-order valence-corrected chi connectivity index (χ2v) is 10.4. The minimum absolute atomic E-state index is 0.0344. The summed E-state index contributed by atoms with van der Waals surface area (Å²) in [4.78, 5) is 25.0. The fourth-order valence-electron chi connectivity index (χ4n) is 4.52. The molecule has 2 aliphatic carbocycles. The van der Waals surface area contributed by atoms with Gasteiger partial charge in [0, 0.05) is 11.6 Å². The Labute approximate surface area is 185 Å². The molecule has 1 saturated carbocycles. The molecule has 1 fully saturated rings. The van der Waals surface area contributed by atoms with E-state index < -0.39 is 0 Å². The molecule has 4 heteroatoms. The second-order valence-electron chi connectivity index (χ2n) is 10.4. The number of amides is 1. The van der Waals surface area contributed by atoms with Gasteiger partial charge >= 0.3 is 5.97 Å². The van der Waals surface area contributed by atoms with E-state index in [1.165, 1.54) is 17.5 Å². The van der Waals surface area contributed by atoms with Crippen LogP contribution in [0.15, 0.2) is 42.5 Å². The van der Waals surface area contributed by atoms with Crippen LogP contribution in [-0.4, -0.2) is 17.9 Å². The molecule has 164 valence electrons. The summed E-state index contributed by atoms with van der Waals surface area (Å²) in [5, 5.41) is 3.04. The topological polar surface area (TPSA) is 55.4 Å². The van der Waals surface area contributed by atoms with Gasteiger partial charge in [-0.1, -0.05) is 45.9 Å². The van der Waals surface area contributed by atoms with Gasteiger partial charge in [-0.15, -0.1) is 0 Å². The van der Waals surface area contributed by atoms with Crippen molar-refractivity contribution < 1.29 is 14.3 Å². The Hall–Kier alpha value is -2.62. The Bertz CT molecular complexity index is 984. The number of carbonyl (C=O) groups excluding carboxylic acids is 2. The number of fused-ring (bicyclic) bond motifs is 1. The van der Waals surface area contributed by atoms with Gasteiger partial charge < -0.3 is 10.1 Å². The van der Waals surface area contributed by atoms with Crippen LogP contribution in [0.5, 0.6) is 0 Å². The van der Waals surface area contributed by atoms with Crippen molar-refractivity contribution in [2.45, 2.75) is 83.3 Å². The third-order valence-corrected chi connectivity index (χ3v) is 7.11. The second kappa shape index (κ2) is 8.14. The maximum absolute atomic E-state index is 12.7. The normalized spacial score (nSPS) is 19.1. The lowest BCUT2D eigenvalue weighted by molar-refractivity contribution is 0.0472. The molecule has 0 heterocycles. The number of esters is 1. The van der Waals surface area contributed by atoms with Crippen molar-refractivity contribution in [1.29, 1.82) is 0 Å². The fourth-order valence-corrected chi connectivity index (χ4v) is 4.52. The first-order valence-corrected chi connectivity index (χ1v) is 11.4. The van der Waals surface area contributed by atoms with Crippen molar-refractivity contribution >= 4 is 11.9 Å². The van der Waals surface area contributed by atoms with Crippen LogP contribution in [0.1, 0.15) is 97.2 Å². The molecule has 0 saturated heterocycles. The van der Waals surface area contributed by atoms with E-state index in [2.05, 4.69) is 39.1 Å². The molecule has 0 radical (unpaired) electrons. The van der Waals surface area contributed by atoms with E-state index in [0.717, 1.165) is 31.2 Å². The number of hydrogen-bond donors (Lipinski definition) is 1. The van der Waals surface area contributed by atoms with Gasteiger partial charge in [-0.05, 0) is 83.9 Å². The molecular formula is C27H33NO3. The van der Waals surface area contributed by atoms with Gasteiger partial charge in [0.1, 0.15) is 6.61 Å². The van der Waals surface area contributed by atoms with Gasteiger partial charge in [-0.25, -0.2) is 4.79 Å². The minimum atomic E-state index is -0.311. The third-order valence-electron chi connectivity index (χ3n) is 7.11. The van der Waals surface area contributed by atoms with Crippen LogP contribution in [0.4, 0.5) is 0 Å². The van der Waals surface area contributed by atoms with Gasteiger partial charge in [-0.3, -0.25) is 4.79 Å². The van der Waals surface area contributed by atoms with Gasteiger partial charge in [-0.2, -0.15) is 0 Å². The summed E-state index contributed by atoms with van der Waals surface area (Å²) in [6.45, 7) is 9.23. The molecule has 2 aliphatic rings. The average Bonchev–Trinajstić information content (AvgIpc) is 2.72. The average molecular weight is 420 g/mol. The monoisotopic (exact) mass is 419 g/mol. The summed E-state index contributed by atoms with van der Waals surface area (Å²) in [7, 11) is 0. The Kier molecular flexibility index (Phi) is 5.67. The number of rotatable bonds is 5. The zero-order chi connectivity index (χ0) is 22.2. The first-order chi connectivity index (χ1) is 14.7. The molecule has 0 bridgehead atoms. The molecule has 4 nitrogen and oxygen atoms in total. The molecule has 31 heavy (non-hydrogen) atoms. The molecule has 0 aromatic heterocycles. The van der Waals surface area contributed by atoms with E-state index in [0.29, 0.717) is 17.2 Å². The zero-order valence-electron chi connectivity index (χ0n) is 19.1. The van der Waals surface area contributed by atoms with Gasteiger partial charge in [0.25, 0.3) is 5.91 Å². The van der Waals surface area contributed by atoms with Crippen molar-refractivity contribution in [3.8, 4) is 0 Å². The molecule has 1 N–H and O–H groups in total. The van der Waals surface area contributed by atoms with Crippen LogP contribution in [0.2, 0.25) is 0 Å². The molecule has 0 unspecified atom stereocenters. The fraction of sp³-hybridized carbons (Fsp3) is 0.481. The highest BCUT2D eigenvalue weighted by Crippen LogP contribution is 2.45. The SMILES string of the molecule is CC1(C)CCC(C)(C)c2cc(C(=O)OCc3ccc(C(=O)NC4CCC4)cc3)ccc21. The van der Waals surface area contributed by atoms with Crippen molar-refractivity contribution in [3.05, 3.63) is 70.3 Å². The molecular weight excluding hydrogens is 386 g/mol. The lowest BCUT2D eigenvalue weighted by Gasteiger charge is -2.41. The van der Waals surface area contributed by atoms with Crippen LogP contribution >= 0.6 is 0 Å². The summed E-state index contributed by atoms with van der Waals surface area (Å²) < 4.78 is 5.58. The first-order valence-electron chi connectivity index (χ1n) is 11.4. The van der Waals surface area contributed by atoms with Crippen LogP contribution in [0, 0.1) is 0 Å². The predicted molar refractivity (Wildman–Crippen MR) is 122 cm³/mol. The largest absolute Gasteiger partial charge is 0.457 e. The van der Waals surface area contributed by atoms with Crippen molar-refractivity contribution in [2.75, 3.05) is 0 Å². The summed E-state index contributed by atoms with van der Waals surface area (Å²) in [6.07, 6.45) is 5.57. The van der Waals surface area contributed by atoms with Crippen LogP contribution in [-0.2, 0) is 22.2 Å². The molecule has 0 atom stereocenters. The number of ether oxygens (including phenoxy) is 1. The highest BCUT2D eigenvalue weighted by Gasteiger charge is 2.37. The Balaban J connectivity index is 1.40. The summed E-state index contributed by atoms with van der Waals surface area (Å²) in [5.41, 5.74) is 4.86. The zero-order valence-corrected chi connectivity index (χ0v) is 19.1. The van der Waals surface area contributed by atoms with E-state index in [-0.39, 0.29) is 29.3 Å². The van der Waals surface area contributed by atoms with E-state index in [1.54, 1.807) is 12.1 Å². The molecule has 1 amide bonds. The number of nitrogens with one attached hydrogen (secondary N) is 1. The Morgan fingerprint density at radius 2 is 1.52 bits per heavy atom. The van der Waals surface area contributed by atoms with E-state index >= 15 is 0 Å². The van der Waals surface area contributed by atoms with Gasteiger partial charge in [0.05, 0.1) is 5.56 Å². The lowest BCUT2D eigenvalue weighted by Crippen LogP contribution is -2.39. The highest BCUT2D eigenvalue weighted by atomic mass is 16.5. The van der Waals surface area contributed by atoms with Crippen molar-refractivity contribution in [1.82, 2.24) is 5.32 Å². The highest BCUT2D eigenvalue weighted by molar-refractivity contribution is 5.94. The van der Waals surface area contributed by atoms with Crippen LogP contribution in [0.3, 0.4) is 0 Å². The van der Waals surface area contributed by atoms with E-state index in [9.17, 15) is 9.59 Å². The molecule has 2 aromatic rings. The Morgan fingerprint density at radius 3 is 2.13 bits per heavy atom. The lowest BCUT2D eigenvalue weighted by atomic mass is 9.63. The Morgan fingerprint density at radius 1 is 0.903 bits per heavy atom. The van der Waals surface area contributed by atoms with Crippen molar-refractivity contribution in [3.63, 3.8) is 0 Å². The quantitative estimate of drug-likeness (QED) is 0.635.